The van der Waals surface area contributed by atoms with E-state index in [4.69, 9.17) is 0 Å². The molecule has 3 heteroatoms. The van der Waals surface area contributed by atoms with E-state index in [0.717, 1.165) is 63.4 Å². The number of aliphatic hydroxyl groups excluding tert-OH is 1. The van der Waals surface area contributed by atoms with E-state index in [2.05, 4.69) is 19.1 Å². The van der Waals surface area contributed by atoms with Crippen molar-refractivity contribution in [3.8, 4) is 0 Å². The lowest BCUT2D eigenvalue weighted by atomic mass is 9.84. The first-order valence-corrected chi connectivity index (χ1v) is 11.3. The lowest BCUT2D eigenvalue weighted by Gasteiger charge is -2.20. The minimum absolute atomic E-state index is 0.146. The first-order valence-electron chi connectivity index (χ1n) is 11.3. The van der Waals surface area contributed by atoms with Gasteiger partial charge in [0.1, 0.15) is 11.6 Å². The molecular formula is C25H38O3. The Morgan fingerprint density at radius 1 is 1.07 bits per heavy atom. The number of aliphatic hydroxyl groups is 1. The summed E-state index contributed by atoms with van der Waals surface area (Å²) in [6, 6.07) is 8.35. The van der Waals surface area contributed by atoms with E-state index in [1.165, 1.54) is 12.0 Å². The topological polar surface area (TPSA) is 54.4 Å². The molecule has 0 amide bonds. The summed E-state index contributed by atoms with van der Waals surface area (Å²) in [5.41, 5.74) is 2.24. The molecule has 0 bridgehead atoms. The van der Waals surface area contributed by atoms with E-state index in [-0.39, 0.29) is 17.8 Å². The second-order valence-corrected chi connectivity index (χ2v) is 8.55. The number of benzene rings is 1. The summed E-state index contributed by atoms with van der Waals surface area (Å²) in [6.45, 7) is 3.82. The van der Waals surface area contributed by atoms with Gasteiger partial charge in [-0.25, -0.2) is 0 Å². The first kappa shape index (κ1) is 22.8. The normalized spacial score (nSPS) is 20.5. The third-order valence-corrected chi connectivity index (χ3v) is 6.23. The third kappa shape index (κ3) is 7.16. The van der Waals surface area contributed by atoms with Gasteiger partial charge in [0.05, 0.1) is 6.10 Å². The number of ketones is 2. The van der Waals surface area contributed by atoms with Gasteiger partial charge >= 0.3 is 0 Å². The molecule has 3 atom stereocenters. The van der Waals surface area contributed by atoms with Crippen LogP contribution in [0.5, 0.6) is 0 Å². The van der Waals surface area contributed by atoms with E-state index in [9.17, 15) is 14.7 Å². The Morgan fingerprint density at radius 3 is 2.46 bits per heavy atom. The van der Waals surface area contributed by atoms with Crippen LogP contribution in [0.1, 0.15) is 114 Å². The van der Waals surface area contributed by atoms with Crippen molar-refractivity contribution in [1.82, 2.24) is 0 Å². The SMILES string of the molecule is CCCCCC(O)c1ccc([C@H]2CCC(=O)[C@@H]2CCCCCCC(C)=O)cc1. The summed E-state index contributed by atoms with van der Waals surface area (Å²) in [7, 11) is 0. The van der Waals surface area contributed by atoms with Crippen molar-refractivity contribution in [3.63, 3.8) is 0 Å². The molecule has 0 radical (unpaired) electrons. The molecule has 1 aliphatic rings. The summed E-state index contributed by atoms with van der Waals surface area (Å²) < 4.78 is 0. The second-order valence-electron chi connectivity index (χ2n) is 8.55. The van der Waals surface area contributed by atoms with Gasteiger partial charge in [0, 0.05) is 18.8 Å². The predicted molar refractivity (Wildman–Crippen MR) is 114 cm³/mol. The number of unbranched alkanes of at least 4 members (excludes halogenated alkanes) is 5. The zero-order valence-corrected chi connectivity index (χ0v) is 17.8. The van der Waals surface area contributed by atoms with Crippen LogP contribution in [0, 0.1) is 5.92 Å². The van der Waals surface area contributed by atoms with E-state index in [1.807, 2.05) is 12.1 Å². The molecule has 0 heterocycles. The average Bonchev–Trinajstić information content (AvgIpc) is 3.05. The fourth-order valence-corrected chi connectivity index (χ4v) is 4.48. The summed E-state index contributed by atoms with van der Waals surface area (Å²) >= 11 is 0. The highest BCUT2D eigenvalue weighted by Gasteiger charge is 2.34. The minimum atomic E-state index is -0.378. The molecule has 28 heavy (non-hydrogen) atoms. The van der Waals surface area contributed by atoms with Crippen molar-refractivity contribution in [2.45, 2.75) is 103 Å². The molecule has 1 aromatic carbocycles. The molecule has 0 saturated heterocycles. The molecule has 0 spiro atoms. The molecule has 1 unspecified atom stereocenters. The number of carbonyl (C=O) groups is 2. The molecule has 1 fully saturated rings. The van der Waals surface area contributed by atoms with Gasteiger partial charge in [-0.2, -0.15) is 0 Å². The van der Waals surface area contributed by atoms with Crippen LogP contribution in [0.3, 0.4) is 0 Å². The van der Waals surface area contributed by atoms with Crippen LogP contribution in [0.4, 0.5) is 0 Å². The van der Waals surface area contributed by atoms with E-state index in [1.54, 1.807) is 6.92 Å². The minimum Gasteiger partial charge on any atom is -0.388 e. The van der Waals surface area contributed by atoms with E-state index < -0.39 is 0 Å². The zero-order valence-electron chi connectivity index (χ0n) is 17.8. The molecule has 0 aromatic heterocycles. The summed E-state index contributed by atoms with van der Waals surface area (Å²) in [4.78, 5) is 23.4. The highest BCUT2D eigenvalue weighted by molar-refractivity contribution is 5.84. The van der Waals surface area contributed by atoms with Crippen molar-refractivity contribution in [3.05, 3.63) is 35.4 Å². The Hall–Kier alpha value is -1.48. The fourth-order valence-electron chi connectivity index (χ4n) is 4.48. The van der Waals surface area contributed by atoms with Gasteiger partial charge in [0.2, 0.25) is 0 Å². The smallest absolute Gasteiger partial charge is 0.136 e. The van der Waals surface area contributed by atoms with Gasteiger partial charge in [-0.05, 0) is 49.7 Å². The highest BCUT2D eigenvalue weighted by atomic mass is 16.3. The summed E-state index contributed by atoms with van der Waals surface area (Å²) in [5, 5.41) is 10.3. The summed E-state index contributed by atoms with van der Waals surface area (Å²) in [6.07, 6.45) is 11.3. The molecule has 1 aromatic rings. The zero-order chi connectivity index (χ0) is 20.4. The Kier molecular flexibility index (Phi) is 9.91. The maximum absolute atomic E-state index is 12.4. The van der Waals surface area contributed by atoms with Crippen molar-refractivity contribution in [1.29, 1.82) is 0 Å². The number of hydrogen-bond acceptors (Lipinski definition) is 3. The molecular weight excluding hydrogens is 348 g/mol. The number of rotatable bonds is 13. The summed E-state index contributed by atoms with van der Waals surface area (Å²) in [5.74, 6) is 1.16. The number of Topliss-reactive ketones (excluding diaryl/α,β-unsaturated/α-hetero) is 2. The fraction of sp³-hybridized carbons (Fsp3) is 0.680. The molecule has 156 valence electrons. The van der Waals surface area contributed by atoms with Crippen LogP contribution >= 0.6 is 0 Å². The van der Waals surface area contributed by atoms with Gasteiger partial charge in [0.25, 0.3) is 0 Å². The Bertz CT molecular complexity index is 605. The van der Waals surface area contributed by atoms with Gasteiger partial charge in [-0.15, -0.1) is 0 Å². The number of hydrogen-bond donors (Lipinski definition) is 1. The Balaban J connectivity index is 1.84. The van der Waals surface area contributed by atoms with Crippen LogP contribution < -0.4 is 0 Å². The standard InChI is InChI=1S/C25H38O3/c1-3-4-7-12-24(27)21-15-13-20(14-16-21)22-17-18-25(28)23(22)11-9-6-5-8-10-19(2)26/h13-16,22-24,27H,3-12,17-18H2,1-2H3/t22-,23-,24?/m1/s1. The molecule has 0 aliphatic heterocycles. The lowest BCUT2D eigenvalue weighted by molar-refractivity contribution is -0.121. The third-order valence-electron chi connectivity index (χ3n) is 6.23. The van der Waals surface area contributed by atoms with Gasteiger partial charge < -0.3 is 9.90 Å². The van der Waals surface area contributed by atoms with Gasteiger partial charge in [0.15, 0.2) is 0 Å². The van der Waals surface area contributed by atoms with Crippen LogP contribution in [0.15, 0.2) is 24.3 Å². The first-order chi connectivity index (χ1) is 13.5. The van der Waals surface area contributed by atoms with Crippen LogP contribution in [0.2, 0.25) is 0 Å². The molecule has 3 nitrogen and oxygen atoms in total. The van der Waals surface area contributed by atoms with Gasteiger partial charge in [-0.3, -0.25) is 4.79 Å². The van der Waals surface area contributed by atoms with Crippen molar-refractivity contribution >= 4 is 11.6 Å². The van der Waals surface area contributed by atoms with Crippen molar-refractivity contribution in [2.75, 3.05) is 0 Å². The van der Waals surface area contributed by atoms with E-state index in [0.29, 0.717) is 24.5 Å². The Labute approximate surface area is 170 Å². The van der Waals surface area contributed by atoms with Crippen LogP contribution in [0.25, 0.3) is 0 Å². The molecule has 1 aliphatic carbocycles. The second kappa shape index (κ2) is 12.2. The van der Waals surface area contributed by atoms with Crippen molar-refractivity contribution < 1.29 is 14.7 Å². The lowest BCUT2D eigenvalue weighted by Crippen LogP contribution is -2.13. The average molecular weight is 387 g/mol. The predicted octanol–water partition coefficient (Wildman–Crippen LogP) is 6.29. The Morgan fingerprint density at radius 2 is 1.79 bits per heavy atom. The molecule has 1 saturated carbocycles. The van der Waals surface area contributed by atoms with Crippen molar-refractivity contribution in [2.24, 2.45) is 5.92 Å². The van der Waals surface area contributed by atoms with Gasteiger partial charge in [-0.1, -0.05) is 69.7 Å². The van der Waals surface area contributed by atoms with Crippen LogP contribution in [-0.4, -0.2) is 16.7 Å². The molecule has 1 N–H and O–H groups in total. The maximum Gasteiger partial charge on any atom is 0.136 e. The van der Waals surface area contributed by atoms with Crippen LogP contribution in [-0.2, 0) is 9.59 Å². The number of carbonyl (C=O) groups excluding carboxylic acids is 2. The maximum atomic E-state index is 12.4. The monoisotopic (exact) mass is 386 g/mol. The van der Waals surface area contributed by atoms with E-state index >= 15 is 0 Å². The quantitative estimate of drug-likeness (QED) is 0.405. The highest BCUT2D eigenvalue weighted by Crippen LogP contribution is 2.40. The largest absolute Gasteiger partial charge is 0.388 e. The molecule has 2 rings (SSSR count).